The van der Waals surface area contributed by atoms with Gasteiger partial charge < -0.3 is 4.90 Å². The van der Waals surface area contributed by atoms with Gasteiger partial charge in [0.15, 0.2) is 5.65 Å². The summed E-state index contributed by atoms with van der Waals surface area (Å²) in [6.07, 6.45) is 3.59. The number of aromatic nitrogens is 4. The fraction of sp³-hybridized carbons (Fsp3) is 0.115. The van der Waals surface area contributed by atoms with Gasteiger partial charge in [-0.2, -0.15) is 9.61 Å². The Kier molecular flexibility index (Phi) is 6.19. The van der Waals surface area contributed by atoms with Crippen LogP contribution in [0, 0.1) is 6.92 Å². The zero-order chi connectivity index (χ0) is 24.5. The summed E-state index contributed by atoms with van der Waals surface area (Å²) in [4.78, 5) is 11.3. The summed E-state index contributed by atoms with van der Waals surface area (Å²) in [7, 11) is 3.90. The van der Waals surface area contributed by atoms with E-state index in [0.29, 0.717) is 15.7 Å². The number of nitrogens with zero attached hydrogens (tertiary/aromatic N) is 6. The van der Waals surface area contributed by atoms with E-state index in [1.165, 1.54) is 0 Å². The first-order valence-corrected chi connectivity index (χ1v) is 11.7. The Morgan fingerprint density at radius 1 is 0.857 bits per heavy atom. The standard InChI is InChI=1S/C26H23Cl2N7/c1-17-24(32-34(3)23-10-6-7-15-29-23)25-30-16-21(20-8-4-5-9-22(20)28)26(35(25)31-17)33(2)19-13-11-18(27)12-14-19/h4-16,32H,1-3H3. The maximum atomic E-state index is 6.61. The molecule has 9 heteroatoms. The van der Waals surface area contributed by atoms with Gasteiger partial charge in [0.2, 0.25) is 0 Å². The van der Waals surface area contributed by atoms with Gasteiger partial charge in [-0.25, -0.2) is 9.97 Å². The zero-order valence-corrected chi connectivity index (χ0v) is 21.0. The predicted molar refractivity (Wildman–Crippen MR) is 144 cm³/mol. The zero-order valence-electron chi connectivity index (χ0n) is 19.4. The van der Waals surface area contributed by atoms with Crippen molar-refractivity contribution in [3.8, 4) is 11.1 Å². The lowest BCUT2D eigenvalue weighted by Crippen LogP contribution is -2.26. The molecule has 176 valence electrons. The van der Waals surface area contributed by atoms with Crippen molar-refractivity contribution in [3.05, 3.63) is 94.9 Å². The van der Waals surface area contributed by atoms with Crippen LogP contribution in [-0.2, 0) is 0 Å². The van der Waals surface area contributed by atoms with Crippen molar-refractivity contribution in [3.63, 3.8) is 0 Å². The maximum Gasteiger partial charge on any atom is 0.182 e. The number of hydrogen-bond acceptors (Lipinski definition) is 6. The quantitative estimate of drug-likeness (QED) is 0.262. The van der Waals surface area contributed by atoms with Gasteiger partial charge in [0, 0.05) is 53.3 Å². The van der Waals surface area contributed by atoms with E-state index in [4.69, 9.17) is 33.3 Å². The molecule has 35 heavy (non-hydrogen) atoms. The SMILES string of the molecule is Cc1nn2c(N(C)c3ccc(Cl)cc3)c(-c3ccccc3Cl)cnc2c1NN(C)c1ccccn1. The highest BCUT2D eigenvalue weighted by molar-refractivity contribution is 6.33. The van der Waals surface area contributed by atoms with Gasteiger partial charge >= 0.3 is 0 Å². The first-order valence-electron chi connectivity index (χ1n) is 11.0. The van der Waals surface area contributed by atoms with Crippen molar-refractivity contribution in [1.29, 1.82) is 0 Å². The molecule has 0 aliphatic rings. The van der Waals surface area contributed by atoms with E-state index in [2.05, 4.69) is 15.3 Å². The fourth-order valence-corrected chi connectivity index (χ4v) is 4.33. The number of anilines is 4. The molecule has 2 aromatic carbocycles. The molecule has 7 nitrogen and oxygen atoms in total. The van der Waals surface area contributed by atoms with Crippen LogP contribution in [0.2, 0.25) is 10.0 Å². The van der Waals surface area contributed by atoms with E-state index < -0.39 is 0 Å². The van der Waals surface area contributed by atoms with Crippen LogP contribution >= 0.6 is 23.2 Å². The number of rotatable bonds is 6. The summed E-state index contributed by atoms with van der Waals surface area (Å²) in [5.74, 6) is 1.60. The van der Waals surface area contributed by atoms with Crippen molar-refractivity contribution in [1.82, 2.24) is 19.6 Å². The lowest BCUT2D eigenvalue weighted by molar-refractivity contribution is 0.897. The van der Waals surface area contributed by atoms with Gasteiger partial charge in [-0.15, -0.1) is 0 Å². The van der Waals surface area contributed by atoms with E-state index in [0.717, 1.165) is 39.8 Å². The molecule has 0 spiro atoms. The second kappa shape index (κ2) is 9.44. The number of fused-ring (bicyclic) bond motifs is 1. The van der Waals surface area contributed by atoms with Crippen molar-refractivity contribution in [2.24, 2.45) is 0 Å². The average Bonchev–Trinajstić information content (AvgIpc) is 3.19. The highest BCUT2D eigenvalue weighted by Gasteiger charge is 2.22. The Balaban J connectivity index is 1.69. The highest BCUT2D eigenvalue weighted by atomic mass is 35.5. The number of pyridine rings is 1. The second-order valence-corrected chi connectivity index (χ2v) is 8.91. The third-order valence-electron chi connectivity index (χ3n) is 5.76. The highest BCUT2D eigenvalue weighted by Crippen LogP contribution is 2.39. The molecule has 0 saturated carbocycles. The molecule has 0 saturated heterocycles. The fourth-order valence-electron chi connectivity index (χ4n) is 3.97. The van der Waals surface area contributed by atoms with Gasteiger partial charge in [-0.3, -0.25) is 10.4 Å². The van der Waals surface area contributed by atoms with E-state index in [1.807, 2.05) is 103 Å². The summed E-state index contributed by atoms with van der Waals surface area (Å²) in [5.41, 5.74) is 8.32. The van der Waals surface area contributed by atoms with Gasteiger partial charge in [-0.05, 0) is 49.4 Å². The van der Waals surface area contributed by atoms with Crippen LogP contribution < -0.4 is 15.3 Å². The van der Waals surface area contributed by atoms with Gasteiger partial charge in [0.1, 0.15) is 17.3 Å². The summed E-state index contributed by atoms with van der Waals surface area (Å²) in [6, 6.07) is 21.1. The molecule has 0 unspecified atom stereocenters. The van der Waals surface area contributed by atoms with Crippen molar-refractivity contribution >= 4 is 51.9 Å². The van der Waals surface area contributed by atoms with E-state index in [9.17, 15) is 0 Å². The van der Waals surface area contributed by atoms with Gasteiger partial charge in [-0.1, -0.05) is 47.5 Å². The molecule has 0 amide bonds. The average molecular weight is 504 g/mol. The smallest absolute Gasteiger partial charge is 0.182 e. The monoisotopic (exact) mass is 503 g/mol. The second-order valence-electron chi connectivity index (χ2n) is 8.07. The lowest BCUT2D eigenvalue weighted by Gasteiger charge is -2.24. The Morgan fingerprint density at radius 3 is 2.31 bits per heavy atom. The van der Waals surface area contributed by atoms with Crippen LogP contribution in [0.3, 0.4) is 0 Å². The Bertz CT molecular complexity index is 1480. The van der Waals surface area contributed by atoms with Crippen molar-refractivity contribution in [2.75, 3.05) is 29.4 Å². The summed E-state index contributed by atoms with van der Waals surface area (Å²) >= 11 is 12.8. The molecular formula is C26H23Cl2N7. The summed E-state index contributed by atoms with van der Waals surface area (Å²) in [5, 5.41) is 8.03. The predicted octanol–water partition coefficient (Wildman–Crippen LogP) is 6.64. The first-order chi connectivity index (χ1) is 16.9. The van der Waals surface area contributed by atoms with Crippen LogP contribution in [0.4, 0.5) is 23.0 Å². The van der Waals surface area contributed by atoms with Gasteiger partial charge in [0.25, 0.3) is 0 Å². The number of nitrogens with one attached hydrogen (secondary N) is 1. The number of halogens is 2. The Hall–Kier alpha value is -3.81. The van der Waals surface area contributed by atoms with E-state index in [1.54, 1.807) is 6.20 Å². The van der Waals surface area contributed by atoms with Crippen LogP contribution in [0.1, 0.15) is 5.69 Å². The maximum absolute atomic E-state index is 6.61. The molecule has 1 N–H and O–H groups in total. The molecule has 0 atom stereocenters. The first kappa shape index (κ1) is 23.0. The van der Waals surface area contributed by atoms with E-state index >= 15 is 0 Å². The third-order valence-corrected chi connectivity index (χ3v) is 6.34. The van der Waals surface area contributed by atoms with Crippen LogP contribution in [0.5, 0.6) is 0 Å². The van der Waals surface area contributed by atoms with Crippen molar-refractivity contribution in [2.45, 2.75) is 6.92 Å². The molecule has 0 radical (unpaired) electrons. The van der Waals surface area contributed by atoms with Crippen LogP contribution in [0.15, 0.2) is 79.1 Å². The number of aryl methyl sites for hydroxylation is 1. The van der Waals surface area contributed by atoms with Crippen LogP contribution in [-0.4, -0.2) is 33.7 Å². The largest absolute Gasteiger partial charge is 0.329 e. The molecule has 3 aromatic heterocycles. The molecule has 0 aliphatic heterocycles. The minimum absolute atomic E-state index is 0.636. The number of hydrogen-bond donors (Lipinski definition) is 1. The van der Waals surface area contributed by atoms with Gasteiger partial charge in [0.05, 0.1) is 5.69 Å². The molecule has 5 aromatic rings. The molecule has 0 aliphatic carbocycles. The number of benzene rings is 2. The Labute approximate surface area is 213 Å². The topological polar surface area (TPSA) is 61.6 Å². The summed E-state index contributed by atoms with van der Waals surface area (Å²) < 4.78 is 1.84. The Morgan fingerprint density at radius 2 is 1.60 bits per heavy atom. The van der Waals surface area contributed by atoms with Crippen molar-refractivity contribution < 1.29 is 0 Å². The summed E-state index contributed by atoms with van der Waals surface area (Å²) in [6.45, 7) is 1.95. The molecule has 5 rings (SSSR count). The minimum Gasteiger partial charge on any atom is -0.329 e. The lowest BCUT2D eigenvalue weighted by atomic mass is 10.1. The molecule has 0 bridgehead atoms. The minimum atomic E-state index is 0.636. The van der Waals surface area contributed by atoms with E-state index in [-0.39, 0.29) is 0 Å². The normalized spacial score (nSPS) is 11.0. The molecular weight excluding hydrogens is 481 g/mol. The molecule has 3 heterocycles. The molecule has 0 fully saturated rings. The number of hydrazine groups is 1. The van der Waals surface area contributed by atoms with Crippen LogP contribution in [0.25, 0.3) is 16.8 Å². The third kappa shape index (κ3) is 4.36.